The van der Waals surface area contributed by atoms with Crippen molar-refractivity contribution in [2.24, 2.45) is 7.05 Å². The summed E-state index contributed by atoms with van der Waals surface area (Å²) in [6.45, 7) is 3.91. The summed E-state index contributed by atoms with van der Waals surface area (Å²) in [5.41, 5.74) is 2.18. The summed E-state index contributed by atoms with van der Waals surface area (Å²) >= 11 is 0. The molecule has 124 valence electrons. The number of piperazine rings is 1. The van der Waals surface area contributed by atoms with Crippen molar-refractivity contribution in [2.75, 3.05) is 26.2 Å². The third-order valence-corrected chi connectivity index (χ3v) is 4.64. The summed E-state index contributed by atoms with van der Waals surface area (Å²) in [6, 6.07) is 11.6. The van der Waals surface area contributed by atoms with Crippen molar-refractivity contribution >= 4 is 16.9 Å². The van der Waals surface area contributed by atoms with Crippen LogP contribution in [0.3, 0.4) is 0 Å². The average Bonchev–Trinajstić information content (AvgIpc) is 3.25. The van der Waals surface area contributed by atoms with Crippen LogP contribution in [0.25, 0.3) is 11.0 Å². The first-order chi connectivity index (χ1) is 11.7. The molecule has 0 bridgehead atoms. The molecule has 4 rings (SSSR count). The third-order valence-electron chi connectivity index (χ3n) is 4.64. The first-order valence-corrected chi connectivity index (χ1v) is 8.18. The molecule has 1 aromatic carbocycles. The van der Waals surface area contributed by atoms with E-state index >= 15 is 0 Å². The van der Waals surface area contributed by atoms with Gasteiger partial charge in [0.2, 0.25) is 0 Å². The van der Waals surface area contributed by atoms with Crippen LogP contribution in [-0.4, -0.2) is 51.4 Å². The van der Waals surface area contributed by atoms with Crippen molar-refractivity contribution in [3.8, 4) is 0 Å². The average molecular weight is 324 g/mol. The van der Waals surface area contributed by atoms with Crippen molar-refractivity contribution in [3.05, 3.63) is 54.2 Å². The van der Waals surface area contributed by atoms with Crippen LogP contribution < -0.4 is 0 Å². The maximum absolute atomic E-state index is 12.3. The van der Waals surface area contributed by atoms with Gasteiger partial charge >= 0.3 is 0 Å². The number of aromatic nitrogens is 2. The monoisotopic (exact) mass is 324 g/mol. The van der Waals surface area contributed by atoms with E-state index in [2.05, 4.69) is 22.6 Å². The highest BCUT2D eigenvalue weighted by atomic mass is 16.3. The Morgan fingerprint density at radius 1 is 1.12 bits per heavy atom. The Hall–Kier alpha value is -2.60. The molecule has 0 N–H and O–H groups in total. The number of para-hydroxylation sites is 2. The van der Waals surface area contributed by atoms with Crippen molar-refractivity contribution in [1.82, 2.24) is 19.4 Å². The molecule has 1 saturated heterocycles. The van der Waals surface area contributed by atoms with Crippen molar-refractivity contribution in [2.45, 2.75) is 6.54 Å². The van der Waals surface area contributed by atoms with E-state index in [1.807, 2.05) is 23.1 Å². The molecule has 6 nitrogen and oxygen atoms in total. The normalized spacial score (nSPS) is 16.0. The maximum Gasteiger partial charge on any atom is 0.289 e. The van der Waals surface area contributed by atoms with Gasteiger partial charge in [-0.3, -0.25) is 9.69 Å². The molecule has 0 saturated carbocycles. The number of carbonyl (C=O) groups is 1. The lowest BCUT2D eigenvalue weighted by Gasteiger charge is -2.34. The highest BCUT2D eigenvalue weighted by molar-refractivity contribution is 5.91. The van der Waals surface area contributed by atoms with Gasteiger partial charge in [-0.05, 0) is 24.3 Å². The minimum atomic E-state index is -0.0256. The standard InChI is InChI=1S/C18H20N4O2/c1-20-15-6-3-2-5-14(15)19-17(20)13-21-8-10-22(11-9-21)18(23)16-7-4-12-24-16/h2-7,12H,8-11,13H2,1H3. The number of amides is 1. The molecule has 0 atom stereocenters. The number of fused-ring (bicyclic) bond motifs is 1. The second-order valence-corrected chi connectivity index (χ2v) is 6.12. The molecule has 1 aliphatic rings. The summed E-state index contributed by atoms with van der Waals surface area (Å²) in [7, 11) is 2.06. The van der Waals surface area contributed by atoms with Gasteiger partial charge in [0, 0.05) is 33.2 Å². The van der Waals surface area contributed by atoms with E-state index < -0.39 is 0 Å². The number of hydrogen-bond donors (Lipinski definition) is 0. The van der Waals surface area contributed by atoms with Gasteiger partial charge in [0.25, 0.3) is 5.91 Å². The van der Waals surface area contributed by atoms with Crippen molar-refractivity contribution in [1.29, 1.82) is 0 Å². The quantitative estimate of drug-likeness (QED) is 0.740. The van der Waals surface area contributed by atoms with Gasteiger partial charge in [0.15, 0.2) is 5.76 Å². The van der Waals surface area contributed by atoms with E-state index in [-0.39, 0.29) is 5.91 Å². The molecule has 1 amide bonds. The molecule has 0 spiro atoms. The Morgan fingerprint density at radius 2 is 1.92 bits per heavy atom. The number of furan rings is 1. The van der Waals surface area contributed by atoms with Crippen LogP contribution in [-0.2, 0) is 13.6 Å². The van der Waals surface area contributed by atoms with Crippen LogP contribution in [0.1, 0.15) is 16.4 Å². The molecule has 1 aliphatic heterocycles. The number of carbonyl (C=O) groups excluding carboxylic acids is 1. The highest BCUT2D eigenvalue weighted by Gasteiger charge is 2.24. The summed E-state index contributed by atoms with van der Waals surface area (Å²) in [5.74, 6) is 1.45. The Labute approximate surface area is 140 Å². The lowest BCUT2D eigenvalue weighted by molar-refractivity contribution is 0.0594. The third kappa shape index (κ3) is 2.69. The molecule has 0 unspecified atom stereocenters. The van der Waals surface area contributed by atoms with E-state index in [4.69, 9.17) is 9.40 Å². The van der Waals surface area contributed by atoms with Gasteiger partial charge in [-0.1, -0.05) is 12.1 Å². The number of nitrogens with zero attached hydrogens (tertiary/aromatic N) is 4. The van der Waals surface area contributed by atoms with E-state index in [1.165, 1.54) is 6.26 Å². The molecule has 24 heavy (non-hydrogen) atoms. The predicted molar refractivity (Wildman–Crippen MR) is 90.6 cm³/mol. The zero-order valence-corrected chi connectivity index (χ0v) is 13.7. The van der Waals surface area contributed by atoms with Crippen LogP contribution >= 0.6 is 0 Å². The lowest BCUT2D eigenvalue weighted by Crippen LogP contribution is -2.48. The van der Waals surface area contributed by atoms with Crippen LogP contribution in [0.4, 0.5) is 0 Å². The molecule has 0 aliphatic carbocycles. The fourth-order valence-corrected chi connectivity index (χ4v) is 3.20. The summed E-state index contributed by atoms with van der Waals surface area (Å²) in [4.78, 5) is 21.2. The van der Waals surface area contributed by atoms with Crippen molar-refractivity contribution < 1.29 is 9.21 Å². The minimum Gasteiger partial charge on any atom is -0.459 e. The smallest absolute Gasteiger partial charge is 0.289 e. The second-order valence-electron chi connectivity index (χ2n) is 6.12. The molecule has 3 heterocycles. The molecular formula is C18H20N4O2. The zero-order valence-electron chi connectivity index (χ0n) is 13.7. The number of benzene rings is 1. The Balaban J connectivity index is 1.41. The maximum atomic E-state index is 12.3. The first-order valence-electron chi connectivity index (χ1n) is 8.18. The van der Waals surface area contributed by atoms with Gasteiger partial charge < -0.3 is 13.9 Å². The molecule has 0 radical (unpaired) electrons. The van der Waals surface area contributed by atoms with Crippen LogP contribution in [0, 0.1) is 0 Å². The van der Waals surface area contributed by atoms with Gasteiger partial charge in [-0.15, -0.1) is 0 Å². The number of rotatable bonds is 3. The Morgan fingerprint density at radius 3 is 2.62 bits per heavy atom. The summed E-state index contributed by atoms with van der Waals surface area (Å²) in [5, 5.41) is 0. The number of imidazole rings is 1. The summed E-state index contributed by atoms with van der Waals surface area (Å²) < 4.78 is 7.35. The fourth-order valence-electron chi connectivity index (χ4n) is 3.20. The van der Waals surface area contributed by atoms with Crippen LogP contribution in [0.15, 0.2) is 47.1 Å². The first kappa shape index (κ1) is 15.0. The van der Waals surface area contributed by atoms with Crippen molar-refractivity contribution in [3.63, 3.8) is 0 Å². The van der Waals surface area contributed by atoms with E-state index in [0.29, 0.717) is 18.8 Å². The molecule has 1 fully saturated rings. The van der Waals surface area contributed by atoms with E-state index in [9.17, 15) is 4.79 Å². The largest absolute Gasteiger partial charge is 0.459 e. The van der Waals surface area contributed by atoms with Gasteiger partial charge in [-0.25, -0.2) is 4.98 Å². The number of aryl methyl sites for hydroxylation is 1. The van der Waals surface area contributed by atoms with E-state index in [1.54, 1.807) is 12.1 Å². The predicted octanol–water partition coefficient (Wildman–Crippen LogP) is 2.12. The highest BCUT2D eigenvalue weighted by Crippen LogP contribution is 2.17. The molecule has 3 aromatic rings. The fraction of sp³-hybridized carbons (Fsp3) is 0.333. The van der Waals surface area contributed by atoms with Gasteiger partial charge in [-0.2, -0.15) is 0 Å². The molecular weight excluding hydrogens is 304 g/mol. The zero-order chi connectivity index (χ0) is 16.5. The Bertz CT molecular complexity index is 845. The topological polar surface area (TPSA) is 54.5 Å². The van der Waals surface area contributed by atoms with Crippen LogP contribution in [0.2, 0.25) is 0 Å². The molecule has 2 aromatic heterocycles. The Kier molecular flexibility index (Phi) is 3.82. The second kappa shape index (κ2) is 6.13. The van der Waals surface area contributed by atoms with Gasteiger partial charge in [0.05, 0.1) is 23.8 Å². The van der Waals surface area contributed by atoms with E-state index in [0.717, 1.165) is 36.5 Å². The summed E-state index contributed by atoms with van der Waals surface area (Å²) in [6.07, 6.45) is 1.54. The lowest BCUT2D eigenvalue weighted by atomic mass is 10.3. The molecule has 6 heteroatoms. The van der Waals surface area contributed by atoms with Gasteiger partial charge in [0.1, 0.15) is 5.82 Å². The van der Waals surface area contributed by atoms with Crippen LogP contribution in [0.5, 0.6) is 0 Å². The minimum absolute atomic E-state index is 0.0256. The number of hydrogen-bond acceptors (Lipinski definition) is 4. The SMILES string of the molecule is Cn1c(CN2CCN(C(=O)c3ccco3)CC2)nc2ccccc21.